The van der Waals surface area contributed by atoms with Crippen molar-refractivity contribution >= 4 is 11.7 Å². The Morgan fingerprint density at radius 3 is 2.48 bits per heavy atom. The average Bonchev–Trinajstić information content (AvgIpc) is 2.73. The van der Waals surface area contributed by atoms with Crippen LogP contribution in [-0.2, 0) is 6.18 Å². The van der Waals surface area contributed by atoms with Crippen LogP contribution in [0.15, 0.2) is 42.5 Å². The number of halogens is 3. The second-order valence-corrected chi connectivity index (χ2v) is 6.76. The summed E-state index contributed by atoms with van der Waals surface area (Å²) in [6, 6.07) is 10.5. The number of carbonyl (C=O) groups is 1. The zero-order valence-electron chi connectivity index (χ0n) is 15.9. The van der Waals surface area contributed by atoms with Crippen LogP contribution in [0.1, 0.15) is 18.5 Å². The van der Waals surface area contributed by atoms with Gasteiger partial charge in [0.2, 0.25) is 5.88 Å². The van der Waals surface area contributed by atoms with E-state index in [0.29, 0.717) is 37.4 Å². The molecular formula is C20H22F3N3O3. The predicted molar refractivity (Wildman–Crippen MR) is 101 cm³/mol. The van der Waals surface area contributed by atoms with Crippen molar-refractivity contribution in [1.82, 2.24) is 9.88 Å². The normalized spacial score (nSPS) is 15.1. The van der Waals surface area contributed by atoms with Crippen LogP contribution < -0.4 is 14.8 Å². The highest BCUT2D eigenvalue weighted by Crippen LogP contribution is 2.29. The molecule has 1 aromatic heterocycles. The van der Waals surface area contributed by atoms with Crippen molar-refractivity contribution in [3.05, 3.63) is 48.2 Å². The number of anilines is 1. The minimum atomic E-state index is -4.50. The predicted octanol–water partition coefficient (Wildman–Crippen LogP) is 4.43. The minimum Gasteiger partial charge on any atom is -0.497 e. The smallest absolute Gasteiger partial charge is 0.433 e. The highest BCUT2D eigenvalue weighted by Gasteiger charge is 2.32. The Balaban J connectivity index is 1.45. The number of likely N-dealkylation sites (tertiary alicyclic amines) is 1. The summed E-state index contributed by atoms with van der Waals surface area (Å²) in [5.41, 5.74) is -0.295. The number of amides is 2. The highest BCUT2D eigenvalue weighted by molar-refractivity contribution is 5.89. The minimum absolute atomic E-state index is 0.0421. The number of nitrogens with zero attached hydrogens (tertiary/aromatic N) is 2. The van der Waals surface area contributed by atoms with Gasteiger partial charge >= 0.3 is 12.2 Å². The first-order chi connectivity index (χ1) is 13.8. The first-order valence-corrected chi connectivity index (χ1v) is 9.22. The molecule has 29 heavy (non-hydrogen) atoms. The van der Waals surface area contributed by atoms with Crippen molar-refractivity contribution in [2.45, 2.75) is 19.0 Å². The van der Waals surface area contributed by atoms with E-state index >= 15 is 0 Å². The average molecular weight is 409 g/mol. The van der Waals surface area contributed by atoms with Crippen molar-refractivity contribution in [3.63, 3.8) is 0 Å². The van der Waals surface area contributed by atoms with Gasteiger partial charge in [0, 0.05) is 24.8 Å². The molecule has 0 spiro atoms. The molecule has 1 fully saturated rings. The molecule has 0 radical (unpaired) electrons. The molecule has 0 unspecified atom stereocenters. The van der Waals surface area contributed by atoms with E-state index in [2.05, 4.69) is 10.3 Å². The molecule has 1 aliphatic heterocycles. The van der Waals surface area contributed by atoms with Gasteiger partial charge in [0.05, 0.1) is 13.7 Å². The Morgan fingerprint density at radius 2 is 1.86 bits per heavy atom. The van der Waals surface area contributed by atoms with Gasteiger partial charge < -0.3 is 19.7 Å². The number of aromatic nitrogens is 1. The van der Waals surface area contributed by atoms with Gasteiger partial charge in [-0.3, -0.25) is 0 Å². The highest BCUT2D eigenvalue weighted by atomic mass is 19.4. The largest absolute Gasteiger partial charge is 0.497 e. The van der Waals surface area contributed by atoms with E-state index in [0.717, 1.165) is 6.07 Å². The number of carbonyl (C=O) groups excluding carboxylic acids is 1. The maximum Gasteiger partial charge on any atom is 0.433 e. The summed E-state index contributed by atoms with van der Waals surface area (Å²) in [6.45, 7) is 1.36. The van der Waals surface area contributed by atoms with Gasteiger partial charge in [0.1, 0.15) is 11.4 Å². The third-order valence-corrected chi connectivity index (χ3v) is 4.72. The lowest BCUT2D eigenvalue weighted by Gasteiger charge is -2.31. The Morgan fingerprint density at radius 1 is 1.17 bits per heavy atom. The lowest BCUT2D eigenvalue weighted by molar-refractivity contribution is -0.141. The molecule has 156 valence electrons. The fraction of sp³-hybridized carbons (Fsp3) is 0.400. The van der Waals surface area contributed by atoms with E-state index in [9.17, 15) is 18.0 Å². The van der Waals surface area contributed by atoms with Crippen LogP contribution in [0.2, 0.25) is 0 Å². The Hall–Kier alpha value is -2.97. The van der Waals surface area contributed by atoms with Crippen LogP contribution in [0, 0.1) is 5.92 Å². The summed E-state index contributed by atoms with van der Waals surface area (Å²) in [5, 5.41) is 2.84. The summed E-state index contributed by atoms with van der Waals surface area (Å²) < 4.78 is 48.7. The van der Waals surface area contributed by atoms with Crippen molar-refractivity contribution < 1.29 is 27.4 Å². The van der Waals surface area contributed by atoms with Gasteiger partial charge in [-0.05, 0) is 49.1 Å². The summed E-state index contributed by atoms with van der Waals surface area (Å²) >= 11 is 0. The SMILES string of the molecule is COc1ccc(NC(=O)N2CCC(COc3cccc(C(F)(F)F)n3)CC2)cc1. The molecule has 1 aromatic carbocycles. The standard InChI is InChI=1S/C20H22F3N3O3/c1-28-16-7-5-15(6-8-16)24-19(27)26-11-9-14(10-12-26)13-29-18-4-2-3-17(25-18)20(21,22)23/h2-8,14H,9-13H2,1H3,(H,24,27). The number of benzene rings is 1. The number of hydrogen-bond donors (Lipinski definition) is 1. The number of alkyl halides is 3. The third kappa shape index (κ3) is 5.75. The van der Waals surface area contributed by atoms with Crippen molar-refractivity contribution in [3.8, 4) is 11.6 Å². The molecule has 3 rings (SSSR count). The van der Waals surface area contributed by atoms with E-state index in [1.165, 1.54) is 12.1 Å². The Bertz CT molecular complexity index is 820. The number of rotatable bonds is 5. The number of nitrogens with one attached hydrogen (secondary N) is 1. The van der Waals surface area contributed by atoms with Gasteiger partial charge in [-0.25, -0.2) is 9.78 Å². The number of pyridine rings is 1. The maximum absolute atomic E-state index is 12.7. The topological polar surface area (TPSA) is 63.7 Å². The molecule has 0 bridgehead atoms. The fourth-order valence-electron chi connectivity index (χ4n) is 3.04. The molecule has 1 N–H and O–H groups in total. The van der Waals surface area contributed by atoms with E-state index < -0.39 is 11.9 Å². The first kappa shape index (κ1) is 20.8. The summed E-state index contributed by atoms with van der Waals surface area (Å²) in [4.78, 5) is 17.6. The second-order valence-electron chi connectivity index (χ2n) is 6.76. The second kappa shape index (κ2) is 9.02. The molecule has 0 atom stereocenters. The van der Waals surface area contributed by atoms with Crippen LogP contribution in [0.4, 0.5) is 23.7 Å². The van der Waals surface area contributed by atoms with E-state index in [1.807, 2.05) is 0 Å². The zero-order valence-corrected chi connectivity index (χ0v) is 15.9. The van der Waals surface area contributed by atoms with Crippen molar-refractivity contribution in [2.24, 2.45) is 5.92 Å². The van der Waals surface area contributed by atoms with Crippen LogP contribution in [0.3, 0.4) is 0 Å². The third-order valence-electron chi connectivity index (χ3n) is 4.72. The van der Waals surface area contributed by atoms with Crippen molar-refractivity contribution in [2.75, 3.05) is 32.1 Å². The number of piperidine rings is 1. The Labute approximate surface area is 166 Å². The number of ether oxygens (including phenoxy) is 2. The number of hydrogen-bond acceptors (Lipinski definition) is 4. The van der Waals surface area contributed by atoms with Crippen LogP contribution >= 0.6 is 0 Å². The van der Waals surface area contributed by atoms with Crippen LogP contribution in [-0.4, -0.2) is 42.7 Å². The molecule has 2 amide bonds. The summed E-state index contributed by atoms with van der Waals surface area (Å²) in [5.74, 6) is 0.815. The van der Waals surface area contributed by atoms with Gasteiger partial charge in [0.15, 0.2) is 0 Å². The fourth-order valence-corrected chi connectivity index (χ4v) is 3.04. The maximum atomic E-state index is 12.7. The Kier molecular flexibility index (Phi) is 6.46. The molecule has 9 heteroatoms. The molecule has 1 saturated heterocycles. The molecule has 0 saturated carbocycles. The van der Waals surface area contributed by atoms with Gasteiger partial charge in [0.25, 0.3) is 0 Å². The molecule has 2 heterocycles. The van der Waals surface area contributed by atoms with Crippen molar-refractivity contribution in [1.29, 1.82) is 0 Å². The molecule has 0 aliphatic carbocycles. The van der Waals surface area contributed by atoms with E-state index in [4.69, 9.17) is 9.47 Å². The van der Waals surface area contributed by atoms with E-state index in [1.54, 1.807) is 36.3 Å². The first-order valence-electron chi connectivity index (χ1n) is 9.22. The molecule has 1 aliphatic rings. The zero-order chi connectivity index (χ0) is 20.9. The quantitative estimate of drug-likeness (QED) is 0.794. The van der Waals surface area contributed by atoms with Gasteiger partial charge in [-0.15, -0.1) is 0 Å². The molecular weight excluding hydrogens is 387 g/mol. The van der Waals surface area contributed by atoms with E-state index in [-0.39, 0.29) is 24.4 Å². The van der Waals surface area contributed by atoms with Crippen LogP contribution in [0.25, 0.3) is 0 Å². The monoisotopic (exact) mass is 409 g/mol. The van der Waals surface area contributed by atoms with Crippen LogP contribution in [0.5, 0.6) is 11.6 Å². The van der Waals surface area contributed by atoms with Gasteiger partial charge in [-0.2, -0.15) is 13.2 Å². The molecule has 2 aromatic rings. The number of urea groups is 1. The lowest BCUT2D eigenvalue weighted by atomic mass is 9.98. The summed E-state index contributed by atoms with van der Waals surface area (Å²) in [7, 11) is 1.57. The number of methoxy groups -OCH3 is 1. The molecule has 6 nitrogen and oxygen atoms in total. The summed E-state index contributed by atoms with van der Waals surface area (Å²) in [6.07, 6.45) is -3.09. The lowest BCUT2D eigenvalue weighted by Crippen LogP contribution is -2.42. The van der Waals surface area contributed by atoms with Gasteiger partial charge in [-0.1, -0.05) is 6.07 Å².